The Bertz CT molecular complexity index is 1210. The SMILES string of the molecule is CCOc1csc(-c2cc(NCCn3c(C#N)cc4c(OC)cccc43)ncn2)c1. The average Bonchev–Trinajstić information content (AvgIpc) is 3.39. The molecule has 30 heavy (non-hydrogen) atoms. The predicted octanol–water partition coefficient (Wildman–Crippen LogP) is 4.55. The Kier molecular flexibility index (Phi) is 5.82. The van der Waals surface area contributed by atoms with E-state index >= 15 is 0 Å². The van der Waals surface area contributed by atoms with Crippen LogP contribution in [0, 0.1) is 11.3 Å². The van der Waals surface area contributed by atoms with Gasteiger partial charge >= 0.3 is 0 Å². The van der Waals surface area contributed by atoms with Gasteiger partial charge in [0.25, 0.3) is 0 Å². The summed E-state index contributed by atoms with van der Waals surface area (Å²) in [7, 11) is 1.64. The van der Waals surface area contributed by atoms with Gasteiger partial charge in [0.05, 0.1) is 29.8 Å². The van der Waals surface area contributed by atoms with E-state index in [9.17, 15) is 5.26 Å². The fourth-order valence-corrected chi connectivity index (χ4v) is 4.14. The van der Waals surface area contributed by atoms with Crippen molar-refractivity contribution in [2.75, 3.05) is 25.6 Å². The number of fused-ring (bicyclic) bond motifs is 1. The van der Waals surface area contributed by atoms with Crippen LogP contribution >= 0.6 is 11.3 Å². The molecule has 1 N–H and O–H groups in total. The van der Waals surface area contributed by atoms with E-state index in [0.717, 1.165) is 38.8 Å². The maximum absolute atomic E-state index is 9.54. The summed E-state index contributed by atoms with van der Waals surface area (Å²) in [5.74, 6) is 2.35. The molecule has 0 bridgehead atoms. The first-order valence-corrected chi connectivity index (χ1v) is 10.5. The monoisotopic (exact) mass is 419 g/mol. The van der Waals surface area contributed by atoms with Crippen molar-refractivity contribution < 1.29 is 9.47 Å². The van der Waals surface area contributed by atoms with Crippen LogP contribution in [-0.2, 0) is 6.54 Å². The van der Waals surface area contributed by atoms with E-state index in [-0.39, 0.29) is 0 Å². The van der Waals surface area contributed by atoms with Gasteiger partial charge in [0, 0.05) is 36.0 Å². The molecule has 1 aromatic carbocycles. The summed E-state index contributed by atoms with van der Waals surface area (Å²) in [6.45, 7) is 3.83. The van der Waals surface area contributed by atoms with Crippen LogP contribution in [-0.4, -0.2) is 34.8 Å². The van der Waals surface area contributed by atoms with E-state index in [4.69, 9.17) is 9.47 Å². The zero-order chi connectivity index (χ0) is 20.9. The Morgan fingerprint density at radius 2 is 2.13 bits per heavy atom. The highest BCUT2D eigenvalue weighted by molar-refractivity contribution is 7.13. The zero-order valence-corrected chi connectivity index (χ0v) is 17.6. The molecule has 0 amide bonds. The molecule has 152 valence electrons. The van der Waals surface area contributed by atoms with Gasteiger partial charge in [-0.1, -0.05) is 6.07 Å². The van der Waals surface area contributed by atoms with E-state index < -0.39 is 0 Å². The third kappa shape index (κ3) is 3.93. The first kappa shape index (κ1) is 19.7. The van der Waals surface area contributed by atoms with Crippen LogP contribution in [0.1, 0.15) is 12.6 Å². The smallest absolute Gasteiger partial charge is 0.130 e. The molecule has 7 nitrogen and oxygen atoms in total. The largest absolute Gasteiger partial charge is 0.496 e. The number of nitriles is 1. The van der Waals surface area contributed by atoms with E-state index in [1.165, 1.54) is 0 Å². The van der Waals surface area contributed by atoms with Crippen molar-refractivity contribution in [1.29, 1.82) is 5.26 Å². The van der Waals surface area contributed by atoms with Crippen LogP contribution in [0.2, 0.25) is 0 Å². The van der Waals surface area contributed by atoms with E-state index in [1.54, 1.807) is 24.8 Å². The Hall–Kier alpha value is -3.57. The van der Waals surface area contributed by atoms with Crippen molar-refractivity contribution in [3.05, 3.63) is 53.8 Å². The van der Waals surface area contributed by atoms with E-state index in [2.05, 4.69) is 21.4 Å². The Labute approximate surface area is 178 Å². The maximum Gasteiger partial charge on any atom is 0.130 e. The van der Waals surface area contributed by atoms with Gasteiger partial charge in [-0.05, 0) is 25.1 Å². The highest BCUT2D eigenvalue weighted by Crippen LogP contribution is 2.31. The molecule has 0 aliphatic carbocycles. The van der Waals surface area contributed by atoms with Gasteiger partial charge in [0.2, 0.25) is 0 Å². The van der Waals surface area contributed by atoms with Gasteiger partial charge < -0.3 is 19.4 Å². The second kappa shape index (κ2) is 8.84. The number of benzene rings is 1. The molecule has 0 saturated carbocycles. The molecule has 0 unspecified atom stereocenters. The summed E-state index contributed by atoms with van der Waals surface area (Å²) in [6, 6.07) is 13.9. The number of aromatic nitrogens is 3. The fourth-order valence-electron chi connectivity index (χ4n) is 3.35. The average molecular weight is 420 g/mol. The highest BCUT2D eigenvalue weighted by atomic mass is 32.1. The van der Waals surface area contributed by atoms with Crippen LogP contribution in [0.25, 0.3) is 21.5 Å². The summed E-state index contributed by atoms with van der Waals surface area (Å²) < 4.78 is 12.9. The standard InChI is InChI=1S/C22H21N5O2S/c1-3-29-16-10-21(30-13-16)18-11-22(26-14-25-18)24-7-8-27-15(12-23)9-17-19(27)5-4-6-20(17)28-2/h4-6,9-11,13-14H,3,7-8H2,1-2H3,(H,24,25,26). The minimum absolute atomic E-state index is 0.599. The van der Waals surface area contributed by atoms with Crippen molar-refractivity contribution in [2.45, 2.75) is 13.5 Å². The maximum atomic E-state index is 9.54. The van der Waals surface area contributed by atoms with Crippen LogP contribution in [0.15, 0.2) is 48.1 Å². The molecule has 0 spiro atoms. The van der Waals surface area contributed by atoms with Crippen LogP contribution in [0.3, 0.4) is 0 Å². The molecule has 0 aliphatic rings. The first-order valence-electron chi connectivity index (χ1n) is 9.57. The molecule has 0 fully saturated rings. The molecule has 4 aromatic rings. The minimum Gasteiger partial charge on any atom is -0.496 e. The zero-order valence-electron chi connectivity index (χ0n) is 16.8. The molecule has 8 heteroatoms. The van der Waals surface area contributed by atoms with E-state index in [0.29, 0.717) is 25.4 Å². The lowest BCUT2D eigenvalue weighted by molar-refractivity contribution is 0.342. The molecule has 3 aromatic heterocycles. The van der Waals surface area contributed by atoms with E-state index in [1.807, 2.05) is 53.3 Å². The van der Waals surface area contributed by atoms with Gasteiger partial charge in [-0.2, -0.15) is 5.26 Å². The normalized spacial score (nSPS) is 10.7. The van der Waals surface area contributed by atoms with Crippen molar-refractivity contribution in [3.8, 4) is 28.1 Å². The number of thiophene rings is 1. The number of nitrogens with zero attached hydrogens (tertiary/aromatic N) is 4. The van der Waals surface area contributed by atoms with Crippen molar-refractivity contribution >= 4 is 28.1 Å². The third-order valence-electron chi connectivity index (χ3n) is 4.69. The number of hydrogen-bond donors (Lipinski definition) is 1. The number of nitrogens with one attached hydrogen (secondary N) is 1. The Balaban J connectivity index is 1.49. The Morgan fingerprint density at radius 1 is 1.23 bits per heavy atom. The topological polar surface area (TPSA) is 85.0 Å². The molecule has 0 radical (unpaired) electrons. The number of hydrogen-bond acceptors (Lipinski definition) is 7. The minimum atomic E-state index is 0.599. The lowest BCUT2D eigenvalue weighted by Crippen LogP contribution is -2.12. The highest BCUT2D eigenvalue weighted by Gasteiger charge is 2.12. The molecular formula is C22H21N5O2S. The van der Waals surface area contributed by atoms with Crippen molar-refractivity contribution in [1.82, 2.24) is 14.5 Å². The molecule has 3 heterocycles. The lowest BCUT2D eigenvalue weighted by atomic mass is 10.2. The molecule has 0 aliphatic heterocycles. The van der Waals surface area contributed by atoms with Gasteiger partial charge in [-0.15, -0.1) is 11.3 Å². The van der Waals surface area contributed by atoms with Crippen molar-refractivity contribution in [2.24, 2.45) is 0 Å². The summed E-state index contributed by atoms with van der Waals surface area (Å²) in [4.78, 5) is 9.71. The second-order valence-corrected chi connectivity index (χ2v) is 7.39. The van der Waals surface area contributed by atoms with Gasteiger partial charge in [0.15, 0.2) is 0 Å². The van der Waals surface area contributed by atoms with Crippen LogP contribution in [0.5, 0.6) is 11.5 Å². The van der Waals surface area contributed by atoms with Crippen LogP contribution < -0.4 is 14.8 Å². The lowest BCUT2D eigenvalue weighted by Gasteiger charge is -2.10. The summed E-state index contributed by atoms with van der Waals surface area (Å²) in [5.41, 5.74) is 2.41. The third-order valence-corrected chi connectivity index (χ3v) is 5.62. The van der Waals surface area contributed by atoms with Gasteiger partial charge in [-0.25, -0.2) is 9.97 Å². The van der Waals surface area contributed by atoms with Crippen LogP contribution in [0.4, 0.5) is 5.82 Å². The summed E-state index contributed by atoms with van der Waals surface area (Å²) in [5, 5.41) is 15.8. The van der Waals surface area contributed by atoms with Gasteiger partial charge in [0.1, 0.15) is 35.4 Å². The number of methoxy groups -OCH3 is 1. The molecule has 0 saturated heterocycles. The molecule has 0 atom stereocenters. The molecular weight excluding hydrogens is 398 g/mol. The number of rotatable bonds is 8. The fraction of sp³-hybridized carbons (Fsp3) is 0.227. The second-order valence-electron chi connectivity index (χ2n) is 6.48. The van der Waals surface area contributed by atoms with Crippen molar-refractivity contribution in [3.63, 3.8) is 0 Å². The summed E-state index contributed by atoms with van der Waals surface area (Å²) >= 11 is 1.59. The summed E-state index contributed by atoms with van der Waals surface area (Å²) in [6.07, 6.45) is 1.55. The molecule has 4 rings (SSSR count). The first-order chi connectivity index (χ1) is 14.7. The quantitative estimate of drug-likeness (QED) is 0.451. The number of ether oxygens (including phenoxy) is 2. The predicted molar refractivity (Wildman–Crippen MR) is 118 cm³/mol. The number of anilines is 1. The Morgan fingerprint density at radius 3 is 2.93 bits per heavy atom. The van der Waals surface area contributed by atoms with Gasteiger partial charge in [-0.3, -0.25) is 0 Å².